The standard InChI is InChI=1S/C16H13N3O5S2/c1-26(23,24)12-5-2-10(3-6-12)8-15(20)18-16-17-13-9-11(19(21)22)4-7-14(13)25-16/h2-7,9H,8H2,1H3,(H,17,18,20). The molecule has 0 aliphatic rings. The summed E-state index contributed by atoms with van der Waals surface area (Å²) in [5.74, 6) is -0.314. The molecule has 10 heteroatoms. The monoisotopic (exact) mass is 391 g/mol. The average molecular weight is 391 g/mol. The number of carbonyl (C=O) groups excluding carboxylic acids is 1. The molecule has 2 aromatic carbocycles. The molecule has 0 saturated heterocycles. The number of carbonyl (C=O) groups is 1. The normalized spacial score (nSPS) is 11.4. The van der Waals surface area contributed by atoms with Crippen molar-refractivity contribution in [2.75, 3.05) is 11.6 Å². The Morgan fingerprint density at radius 2 is 1.92 bits per heavy atom. The predicted molar refractivity (Wildman–Crippen MR) is 98.2 cm³/mol. The van der Waals surface area contributed by atoms with Crippen molar-refractivity contribution in [2.24, 2.45) is 0 Å². The quantitative estimate of drug-likeness (QED) is 0.527. The van der Waals surface area contributed by atoms with Gasteiger partial charge in [-0.3, -0.25) is 14.9 Å². The first-order valence-corrected chi connectivity index (χ1v) is 10.1. The number of aromatic nitrogens is 1. The van der Waals surface area contributed by atoms with Gasteiger partial charge in [0.2, 0.25) is 5.91 Å². The zero-order valence-electron chi connectivity index (χ0n) is 13.5. The maximum atomic E-state index is 12.1. The van der Waals surface area contributed by atoms with Crippen LogP contribution in [0.15, 0.2) is 47.4 Å². The zero-order valence-corrected chi connectivity index (χ0v) is 15.1. The molecule has 3 rings (SSSR count). The Hall–Kier alpha value is -2.85. The molecule has 134 valence electrons. The molecule has 1 amide bonds. The van der Waals surface area contributed by atoms with Gasteiger partial charge in [-0.1, -0.05) is 23.5 Å². The van der Waals surface area contributed by atoms with Crippen LogP contribution in [0.3, 0.4) is 0 Å². The van der Waals surface area contributed by atoms with Gasteiger partial charge in [0.05, 0.1) is 26.5 Å². The number of fused-ring (bicyclic) bond motifs is 1. The number of anilines is 1. The smallest absolute Gasteiger partial charge is 0.271 e. The molecular weight excluding hydrogens is 378 g/mol. The minimum Gasteiger partial charge on any atom is -0.302 e. The Morgan fingerprint density at radius 1 is 1.23 bits per heavy atom. The number of hydrogen-bond acceptors (Lipinski definition) is 7. The lowest BCUT2D eigenvalue weighted by Crippen LogP contribution is -2.14. The molecule has 3 aromatic rings. The first-order chi connectivity index (χ1) is 12.2. The lowest BCUT2D eigenvalue weighted by molar-refractivity contribution is -0.384. The number of rotatable bonds is 5. The van der Waals surface area contributed by atoms with Crippen molar-refractivity contribution in [1.82, 2.24) is 4.98 Å². The van der Waals surface area contributed by atoms with Gasteiger partial charge in [0, 0.05) is 18.4 Å². The number of nitrogens with zero attached hydrogens (tertiary/aromatic N) is 2. The van der Waals surface area contributed by atoms with Gasteiger partial charge in [0.1, 0.15) is 0 Å². The van der Waals surface area contributed by atoms with Crippen LogP contribution in [-0.4, -0.2) is 30.5 Å². The summed E-state index contributed by atoms with van der Waals surface area (Å²) in [5.41, 5.74) is 1.04. The Balaban J connectivity index is 1.71. The second-order valence-corrected chi connectivity index (χ2v) is 8.62. The molecule has 8 nitrogen and oxygen atoms in total. The van der Waals surface area contributed by atoms with Gasteiger partial charge >= 0.3 is 0 Å². The maximum Gasteiger partial charge on any atom is 0.271 e. The molecule has 0 spiro atoms. The van der Waals surface area contributed by atoms with Gasteiger partial charge in [0.25, 0.3) is 5.69 Å². The van der Waals surface area contributed by atoms with Crippen LogP contribution in [0.4, 0.5) is 10.8 Å². The van der Waals surface area contributed by atoms with E-state index in [0.29, 0.717) is 16.2 Å². The second kappa shape index (κ2) is 6.81. The third kappa shape index (κ3) is 4.03. The molecule has 26 heavy (non-hydrogen) atoms. The molecule has 1 aromatic heterocycles. The van der Waals surface area contributed by atoms with E-state index in [-0.39, 0.29) is 22.9 Å². The van der Waals surface area contributed by atoms with Crippen molar-refractivity contribution < 1.29 is 18.1 Å². The van der Waals surface area contributed by atoms with Crippen molar-refractivity contribution in [3.8, 4) is 0 Å². The topological polar surface area (TPSA) is 119 Å². The molecule has 1 N–H and O–H groups in total. The van der Waals surface area contributed by atoms with Crippen LogP contribution >= 0.6 is 11.3 Å². The number of non-ortho nitro benzene ring substituents is 1. The van der Waals surface area contributed by atoms with E-state index >= 15 is 0 Å². The highest BCUT2D eigenvalue weighted by molar-refractivity contribution is 7.90. The Labute approximate surface area is 152 Å². The van der Waals surface area contributed by atoms with E-state index in [1.165, 1.54) is 35.6 Å². The fourth-order valence-electron chi connectivity index (χ4n) is 2.29. The van der Waals surface area contributed by atoms with Gasteiger partial charge < -0.3 is 5.32 Å². The van der Waals surface area contributed by atoms with Crippen molar-refractivity contribution in [2.45, 2.75) is 11.3 Å². The van der Waals surface area contributed by atoms with E-state index in [2.05, 4.69) is 10.3 Å². The number of sulfone groups is 1. The Bertz CT molecular complexity index is 1100. The Kier molecular flexibility index (Phi) is 4.70. The van der Waals surface area contributed by atoms with Crippen LogP contribution < -0.4 is 5.32 Å². The number of benzene rings is 2. The molecule has 0 radical (unpaired) electrons. The third-order valence-electron chi connectivity index (χ3n) is 3.54. The van der Waals surface area contributed by atoms with Crippen molar-refractivity contribution in [3.63, 3.8) is 0 Å². The summed E-state index contributed by atoms with van der Waals surface area (Å²) in [5, 5.41) is 13.8. The molecule has 0 fully saturated rings. The van der Waals surface area contributed by atoms with E-state index in [1.807, 2.05) is 0 Å². The number of hydrogen-bond donors (Lipinski definition) is 1. The summed E-state index contributed by atoms with van der Waals surface area (Å²) in [6.45, 7) is 0. The van der Waals surface area contributed by atoms with Crippen LogP contribution in [0.25, 0.3) is 10.2 Å². The third-order valence-corrected chi connectivity index (χ3v) is 5.62. The molecule has 0 unspecified atom stereocenters. The van der Waals surface area contributed by atoms with Crippen LogP contribution in [-0.2, 0) is 21.1 Å². The van der Waals surface area contributed by atoms with Crippen LogP contribution in [0, 0.1) is 10.1 Å². The van der Waals surface area contributed by atoms with Crippen LogP contribution in [0.5, 0.6) is 0 Å². The summed E-state index contributed by atoms with van der Waals surface area (Å²) in [6, 6.07) is 10.4. The molecule has 0 saturated carbocycles. The molecule has 0 aliphatic heterocycles. The molecule has 0 bridgehead atoms. The zero-order chi connectivity index (χ0) is 18.9. The fourth-order valence-corrected chi connectivity index (χ4v) is 3.78. The highest BCUT2D eigenvalue weighted by atomic mass is 32.2. The number of thiazole rings is 1. The summed E-state index contributed by atoms with van der Waals surface area (Å²) in [4.78, 5) is 26.8. The summed E-state index contributed by atoms with van der Waals surface area (Å²) in [7, 11) is -3.28. The number of nitrogens with one attached hydrogen (secondary N) is 1. The molecular formula is C16H13N3O5S2. The second-order valence-electron chi connectivity index (χ2n) is 5.57. The predicted octanol–water partition coefficient (Wildman–Crippen LogP) is 2.79. The maximum absolute atomic E-state index is 12.1. The first kappa shape index (κ1) is 18.0. The summed E-state index contributed by atoms with van der Waals surface area (Å²) < 4.78 is 23.6. The Morgan fingerprint density at radius 3 is 2.54 bits per heavy atom. The van der Waals surface area contributed by atoms with Crippen LogP contribution in [0.2, 0.25) is 0 Å². The van der Waals surface area contributed by atoms with Crippen LogP contribution in [0.1, 0.15) is 5.56 Å². The number of nitro benzene ring substituents is 1. The first-order valence-electron chi connectivity index (χ1n) is 7.36. The van der Waals surface area contributed by atoms with E-state index in [4.69, 9.17) is 0 Å². The van der Waals surface area contributed by atoms with Gasteiger partial charge in [-0.25, -0.2) is 13.4 Å². The average Bonchev–Trinajstić information content (AvgIpc) is 2.95. The van der Waals surface area contributed by atoms with E-state index < -0.39 is 14.8 Å². The largest absolute Gasteiger partial charge is 0.302 e. The van der Waals surface area contributed by atoms with E-state index in [0.717, 1.165) is 11.0 Å². The molecule has 0 atom stereocenters. The SMILES string of the molecule is CS(=O)(=O)c1ccc(CC(=O)Nc2nc3cc([N+](=O)[O-])ccc3s2)cc1. The summed E-state index contributed by atoms with van der Waals surface area (Å²) in [6.07, 6.45) is 1.17. The van der Waals surface area contributed by atoms with Crippen molar-refractivity contribution in [3.05, 3.63) is 58.1 Å². The lowest BCUT2D eigenvalue weighted by atomic mass is 10.1. The van der Waals surface area contributed by atoms with E-state index in [9.17, 15) is 23.3 Å². The number of nitro groups is 1. The lowest BCUT2D eigenvalue weighted by Gasteiger charge is -2.03. The van der Waals surface area contributed by atoms with Gasteiger partial charge in [-0.2, -0.15) is 0 Å². The highest BCUT2D eigenvalue weighted by Gasteiger charge is 2.13. The van der Waals surface area contributed by atoms with Crippen molar-refractivity contribution in [1.29, 1.82) is 0 Å². The fraction of sp³-hybridized carbons (Fsp3) is 0.125. The minimum absolute atomic E-state index is 0.0557. The number of amides is 1. The molecule has 0 aliphatic carbocycles. The minimum atomic E-state index is -3.28. The van der Waals surface area contributed by atoms with E-state index in [1.54, 1.807) is 18.2 Å². The van der Waals surface area contributed by atoms with Gasteiger partial charge in [-0.05, 0) is 23.8 Å². The highest BCUT2D eigenvalue weighted by Crippen LogP contribution is 2.28. The van der Waals surface area contributed by atoms with Crippen molar-refractivity contribution >= 4 is 48.1 Å². The van der Waals surface area contributed by atoms with Gasteiger partial charge in [0.15, 0.2) is 15.0 Å². The molecule has 1 heterocycles. The van der Waals surface area contributed by atoms with Gasteiger partial charge in [-0.15, -0.1) is 0 Å². The summed E-state index contributed by atoms with van der Waals surface area (Å²) >= 11 is 1.22.